The van der Waals surface area contributed by atoms with E-state index < -0.39 is 0 Å². The molecule has 36 heavy (non-hydrogen) atoms. The minimum atomic E-state index is -0.0806. The number of ether oxygens (including phenoxy) is 2. The number of fused-ring (bicyclic) bond motifs is 1. The first-order valence-corrected chi connectivity index (χ1v) is 11.7. The van der Waals surface area contributed by atoms with E-state index in [9.17, 15) is 4.79 Å². The molecule has 0 unspecified atom stereocenters. The van der Waals surface area contributed by atoms with E-state index in [0.717, 1.165) is 50.5 Å². The number of aryl methyl sites for hydroxylation is 1. The number of imidazole rings is 1. The summed E-state index contributed by atoms with van der Waals surface area (Å²) >= 11 is 0. The second-order valence-electron chi connectivity index (χ2n) is 8.90. The van der Waals surface area contributed by atoms with Gasteiger partial charge in [0.15, 0.2) is 0 Å². The van der Waals surface area contributed by atoms with Gasteiger partial charge in [-0.2, -0.15) is 0 Å². The summed E-state index contributed by atoms with van der Waals surface area (Å²) in [6, 6.07) is 9.84. The summed E-state index contributed by atoms with van der Waals surface area (Å²) in [6.07, 6.45) is 7.47. The number of H-pyrrole nitrogens is 1. The normalized spacial score (nSPS) is 11.5. The zero-order valence-corrected chi connectivity index (χ0v) is 21.7. The number of methoxy groups -OCH3 is 2. The predicted octanol–water partition coefficient (Wildman–Crippen LogP) is 5.35. The molecule has 0 bridgehead atoms. The van der Waals surface area contributed by atoms with Crippen LogP contribution in [-0.4, -0.2) is 47.7 Å². The lowest BCUT2D eigenvalue weighted by atomic mass is 9.97. The zero-order valence-electron chi connectivity index (χ0n) is 21.7. The Hall–Kier alpha value is -4.10. The number of nitrogens with one attached hydrogen (secondary N) is 1. The van der Waals surface area contributed by atoms with Crippen LogP contribution in [0.15, 0.2) is 54.0 Å². The number of pyridine rings is 1. The standard InChI is InChI=1S/C29H32N4O3/c1-8-10-25-24(9-2)30-28(31-25)18-11-12-20-21(13-18)29(34)33(5)17-22(20)19-14-26(35-6)23(16-32(3)4)27(15-19)36-7/h8-15,17H,2,16H2,1,3-7H3,(H,30,31)/b10-8-. The van der Waals surface area contributed by atoms with Crippen molar-refractivity contribution in [3.8, 4) is 34.0 Å². The highest BCUT2D eigenvalue weighted by Gasteiger charge is 2.18. The minimum Gasteiger partial charge on any atom is -0.496 e. The fourth-order valence-corrected chi connectivity index (χ4v) is 4.44. The van der Waals surface area contributed by atoms with Crippen LogP contribution in [0.2, 0.25) is 0 Å². The molecule has 0 saturated heterocycles. The van der Waals surface area contributed by atoms with Gasteiger partial charge in [-0.1, -0.05) is 24.8 Å². The molecule has 0 amide bonds. The number of allylic oxidation sites excluding steroid dienone is 1. The lowest BCUT2D eigenvalue weighted by Gasteiger charge is -2.19. The van der Waals surface area contributed by atoms with Gasteiger partial charge in [-0.15, -0.1) is 0 Å². The third-order valence-electron chi connectivity index (χ3n) is 6.14. The van der Waals surface area contributed by atoms with E-state index in [-0.39, 0.29) is 5.56 Å². The highest BCUT2D eigenvalue weighted by atomic mass is 16.5. The Morgan fingerprint density at radius 1 is 1.08 bits per heavy atom. The first-order valence-electron chi connectivity index (χ1n) is 11.7. The van der Waals surface area contributed by atoms with Gasteiger partial charge in [0.1, 0.15) is 17.3 Å². The first-order chi connectivity index (χ1) is 17.3. The van der Waals surface area contributed by atoms with E-state index in [1.54, 1.807) is 31.9 Å². The summed E-state index contributed by atoms with van der Waals surface area (Å²) in [7, 11) is 9.09. The van der Waals surface area contributed by atoms with Gasteiger partial charge in [-0.05, 0) is 62.3 Å². The number of nitrogens with zero attached hydrogens (tertiary/aromatic N) is 3. The Morgan fingerprint density at radius 2 is 1.78 bits per heavy atom. The summed E-state index contributed by atoms with van der Waals surface area (Å²) < 4.78 is 13.1. The molecule has 2 aromatic heterocycles. The summed E-state index contributed by atoms with van der Waals surface area (Å²) in [5, 5.41) is 1.45. The zero-order chi connectivity index (χ0) is 26.0. The molecule has 0 aliphatic carbocycles. The van der Waals surface area contributed by atoms with Crippen LogP contribution in [-0.2, 0) is 13.6 Å². The van der Waals surface area contributed by atoms with Crippen LogP contribution in [0.25, 0.3) is 45.4 Å². The summed E-state index contributed by atoms with van der Waals surface area (Å²) in [5.41, 5.74) is 5.17. The summed E-state index contributed by atoms with van der Waals surface area (Å²) in [5.74, 6) is 2.16. The number of aromatic nitrogens is 3. The molecule has 2 heterocycles. The molecular formula is C29H32N4O3. The van der Waals surface area contributed by atoms with E-state index >= 15 is 0 Å². The van der Waals surface area contributed by atoms with Crippen molar-refractivity contribution in [2.45, 2.75) is 13.5 Å². The fourth-order valence-electron chi connectivity index (χ4n) is 4.44. The van der Waals surface area contributed by atoms with Crippen molar-refractivity contribution < 1.29 is 9.47 Å². The van der Waals surface area contributed by atoms with Gasteiger partial charge in [0.05, 0.1) is 31.2 Å². The molecule has 0 aliphatic heterocycles. The van der Waals surface area contributed by atoms with Crippen LogP contribution in [0.1, 0.15) is 23.9 Å². The third-order valence-corrected chi connectivity index (χ3v) is 6.14. The van der Waals surface area contributed by atoms with Crippen molar-refractivity contribution in [1.82, 2.24) is 19.4 Å². The molecule has 0 fully saturated rings. The molecule has 0 spiro atoms. The molecule has 0 atom stereocenters. The van der Waals surface area contributed by atoms with Crippen LogP contribution >= 0.6 is 0 Å². The smallest absolute Gasteiger partial charge is 0.258 e. The maximum absolute atomic E-state index is 13.2. The van der Waals surface area contributed by atoms with Gasteiger partial charge in [-0.25, -0.2) is 4.98 Å². The van der Waals surface area contributed by atoms with Crippen LogP contribution < -0.4 is 15.0 Å². The minimum absolute atomic E-state index is 0.0806. The van der Waals surface area contributed by atoms with Crippen LogP contribution in [0.5, 0.6) is 11.5 Å². The van der Waals surface area contributed by atoms with Gasteiger partial charge in [0, 0.05) is 36.3 Å². The first kappa shape index (κ1) is 25.0. The molecular weight excluding hydrogens is 452 g/mol. The molecule has 1 N–H and O–H groups in total. The van der Waals surface area contributed by atoms with Crippen molar-refractivity contribution in [3.05, 3.63) is 76.5 Å². The molecule has 4 aromatic rings. The van der Waals surface area contributed by atoms with E-state index in [1.807, 2.05) is 69.7 Å². The molecule has 0 saturated carbocycles. The average Bonchev–Trinajstić information content (AvgIpc) is 3.29. The van der Waals surface area contributed by atoms with Crippen molar-refractivity contribution in [2.24, 2.45) is 7.05 Å². The van der Waals surface area contributed by atoms with E-state index in [1.165, 1.54) is 0 Å². The van der Waals surface area contributed by atoms with Gasteiger partial charge in [0.25, 0.3) is 5.56 Å². The average molecular weight is 485 g/mol. The van der Waals surface area contributed by atoms with Crippen molar-refractivity contribution in [3.63, 3.8) is 0 Å². The van der Waals surface area contributed by atoms with Crippen molar-refractivity contribution in [2.75, 3.05) is 28.3 Å². The third kappa shape index (κ3) is 4.57. The second kappa shape index (κ2) is 10.3. The molecule has 7 heteroatoms. The van der Waals surface area contributed by atoms with Gasteiger partial charge in [0.2, 0.25) is 0 Å². The highest BCUT2D eigenvalue weighted by Crippen LogP contribution is 2.38. The van der Waals surface area contributed by atoms with E-state index in [2.05, 4.69) is 21.4 Å². The Kier molecular flexibility index (Phi) is 7.12. The SMILES string of the molecule is C=Cc1nc(-c2ccc3c(-c4cc(OC)c(CN(C)C)c(OC)c4)cn(C)c(=O)c3c2)[nH]c1/C=C\C. The summed E-state index contributed by atoms with van der Waals surface area (Å²) in [6.45, 7) is 6.48. The van der Waals surface area contributed by atoms with E-state index in [0.29, 0.717) is 17.8 Å². The molecule has 0 radical (unpaired) electrons. The molecule has 0 aliphatic rings. The quantitative estimate of drug-likeness (QED) is 0.365. The Bertz CT molecular complexity index is 1500. The van der Waals surface area contributed by atoms with Crippen LogP contribution in [0, 0.1) is 0 Å². The number of aromatic amines is 1. The number of rotatable bonds is 8. The monoisotopic (exact) mass is 484 g/mol. The van der Waals surface area contributed by atoms with Crippen molar-refractivity contribution >= 4 is 22.9 Å². The van der Waals surface area contributed by atoms with E-state index in [4.69, 9.17) is 9.47 Å². The van der Waals surface area contributed by atoms with Gasteiger partial charge in [-0.3, -0.25) is 4.79 Å². The van der Waals surface area contributed by atoms with Gasteiger partial charge >= 0.3 is 0 Å². The largest absolute Gasteiger partial charge is 0.496 e. The Labute approximate surface area is 211 Å². The molecule has 186 valence electrons. The number of hydrogen-bond donors (Lipinski definition) is 1. The molecule has 2 aromatic carbocycles. The molecule has 4 rings (SSSR count). The predicted molar refractivity (Wildman–Crippen MR) is 148 cm³/mol. The van der Waals surface area contributed by atoms with Gasteiger partial charge < -0.3 is 23.9 Å². The van der Waals surface area contributed by atoms with Crippen molar-refractivity contribution in [1.29, 1.82) is 0 Å². The Balaban J connectivity index is 1.93. The topological polar surface area (TPSA) is 72.4 Å². The van der Waals surface area contributed by atoms with Crippen LogP contribution in [0.4, 0.5) is 0 Å². The number of benzene rings is 2. The maximum atomic E-state index is 13.2. The molecule has 7 nitrogen and oxygen atoms in total. The summed E-state index contributed by atoms with van der Waals surface area (Å²) in [4.78, 5) is 23.3. The second-order valence-corrected chi connectivity index (χ2v) is 8.90. The lowest BCUT2D eigenvalue weighted by molar-refractivity contribution is 0.349. The fraction of sp³-hybridized carbons (Fsp3) is 0.241. The Morgan fingerprint density at radius 3 is 2.36 bits per heavy atom. The number of hydrogen-bond acceptors (Lipinski definition) is 5. The van der Waals surface area contributed by atoms with Crippen LogP contribution in [0.3, 0.4) is 0 Å². The maximum Gasteiger partial charge on any atom is 0.258 e. The lowest BCUT2D eigenvalue weighted by Crippen LogP contribution is -2.17. The highest BCUT2D eigenvalue weighted by molar-refractivity contribution is 5.98.